The van der Waals surface area contributed by atoms with Crippen LogP contribution in [0.4, 0.5) is 0 Å². The van der Waals surface area contributed by atoms with Gasteiger partial charge in [-0.15, -0.1) is 0 Å². The van der Waals surface area contributed by atoms with Crippen LogP contribution in [0.25, 0.3) is 0 Å². The first-order valence-corrected chi connectivity index (χ1v) is 6.43. The summed E-state index contributed by atoms with van der Waals surface area (Å²) in [6, 6.07) is 9.38. The lowest BCUT2D eigenvalue weighted by atomic mass is 10.1. The van der Waals surface area contributed by atoms with Crippen LogP contribution in [0.5, 0.6) is 5.75 Å². The second-order valence-corrected chi connectivity index (χ2v) is 4.83. The normalized spacial score (nSPS) is 15.6. The predicted octanol–water partition coefficient (Wildman–Crippen LogP) is 2.82. The first kappa shape index (κ1) is 15.5. The molecule has 3 atom stereocenters. The van der Waals surface area contributed by atoms with Crippen LogP contribution >= 0.6 is 0 Å². The summed E-state index contributed by atoms with van der Waals surface area (Å²) in [6.45, 7) is 7.27. The molecule has 0 aromatic heterocycles. The van der Waals surface area contributed by atoms with Crippen LogP contribution in [0.2, 0.25) is 0 Å². The van der Waals surface area contributed by atoms with E-state index in [0.717, 1.165) is 5.56 Å². The number of nitriles is 1. The molecule has 4 nitrogen and oxygen atoms in total. The lowest BCUT2D eigenvalue weighted by Crippen LogP contribution is -2.24. The fourth-order valence-corrected chi connectivity index (χ4v) is 1.53. The average Bonchev–Trinajstić information content (AvgIpc) is 2.34. The van der Waals surface area contributed by atoms with Gasteiger partial charge in [-0.05, 0) is 45.4 Å². The van der Waals surface area contributed by atoms with Crippen molar-refractivity contribution >= 4 is 0 Å². The minimum Gasteiger partial charge on any atom is -0.491 e. The predicted molar refractivity (Wildman–Crippen MR) is 72.8 cm³/mol. The number of nitrogens with zero attached hydrogens (tertiary/aromatic N) is 1. The smallest absolute Gasteiger partial charge is 0.169 e. The molecule has 0 aliphatic rings. The molecule has 0 saturated heterocycles. The Balaban J connectivity index is 2.84. The van der Waals surface area contributed by atoms with E-state index in [0.29, 0.717) is 5.75 Å². The molecule has 104 valence electrons. The van der Waals surface area contributed by atoms with E-state index in [1.807, 2.05) is 32.0 Å². The Kier molecular flexibility index (Phi) is 5.81. The Morgan fingerprint density at radius 1 is 1.21 bits per heavy atom. The van der Waals surface area contributed by atoms with Crippen molar-refractivity contribution in [3.05, 3.63) is 29.8 Å². The van der Waals surface area contributed by atoms with E-state index in [4.69, 9.17) is 9.47 Å². The van der Waals surface area contributed by atoms with Crippen LogP contribution in [0, 0.1) is 11.3 Å². The molecule has 0 amide bonds. The van der Waals surface area contributed by atoms with Gasteiger partial charge < -0.3 is 14.6 Å². The van der Waals surface area contributed by atoms with E-state index in [1.54, 1.807) is 19.9 Å². The maximum absolute atomic E-state index is 9.43. The zero-order valence-corrected chi connectivity index (χ0v) is 11.8. The molecule has 0 saturated carbocycles. The maximum atomic E-state index is 9.43. The van der Waals surface area contributed by atoms with Crippen molar-refractivity contribution in [1.82, 2.24) is 0 Å². The number of aliphatic hydroxyl groups is 1. The molecule has 3 unspecified atom stereocenters. The molecule has 0 spiro atoms. The van der Waals surface area contributed by atoms with Gasteiger partial charge in [0.25, 0.3) is 0 Å². The zero-order chi connectivity index (χ0) is 14.4. The van der Waals surface area contributed by atoms with E-state index < -0.39 is 18.3 Å². The Morgan fingerprint density at radius 3 is 2.42 bits per heavy atom. The van der Waals surface area contributed by atoms with Crippen molar-refractivity contribution in [2.45, 2.75) is 52.1 Å². The van der Waals surface area contributed by atoms with Crippen molar-refractivity contribution in [1.29, 1.82) is 5.26 Å². The highest BCUT2D eigenvalue weighted by Gasteiger charge is 2.18. The first-order chi connectivity index (χ1) is 8.93. The van der Waals surface area contributed by atoms with Crippen molar-refractivity contribution in [3.8, 4) is 11.8 Å². The number of hydrogen-bond donors (Lipinski definition) is 1. The number of ether oxygens (including phenoxy) is 2. The Bertz CT molecular complexity index is 437. The van der Waals surface area contributed by atoms with Gasteiger partial charge in [0.2, 0.25) is 0 Å². The Labute approximate surface area is 114 Å². The molecule has 0 bridgehead atoms. The molecule has 0 aliphatic heterocycles. The summed E-state index contributed by atoms with van der Waals surface area (Å²) in [5.41, 5.74) is 0.730. The van der Waals surface area contributed by atoms with Gasteiger partial charge in [0, 0.05) is 0 Å². The van der Waals surface area contributed by atoms with Gasteiger partial charge in [0.1, 0.15) is 5.75 Å². The topological polar surface area (TPSA) is 62.5 Å². The highest BCUT2D eigenvalue weighted by Crippen LogP contribution is 2.24. The van der Waals surface area contributed by atoms with Gasteiger partial charge in [-0.3, -0.25) is 0 Å². The first-order valence-electron chi connectivity index (χ1n) is 6.43. The fraction of sp³-hybridized carbons (Fsp3) is 0.533. The number of benzene rings is 1. The highest BCUT2D eigenvalue weighted by atomic mass is 16.5. The lowest BCUT2D eigenvalue weighted by molar-refractivity contribution is -0.0426. The zero-order valence-electron chi connectivity index (χ0n) is 11.8. The van der Waals surface area contributed by atoms with Crippen LogP contribution < -0.4 is 4.74 Å². The lowest BCUT2D eigenvalue weighted by Gasteiger charge is -2.20. The molecule has 4 heteroatoms. The molecule has 1 rings (SSSR count). The van der Waals surface area contributed by atoms with Gasteiger partial charge in [0.05, 0.1) is 24.4 Å². The van der Waals surface area contributed by atoms with Gasteiger partial charge in [-0.25, -0.2) is 0 Å². The Hall–Kier alpha value is -1.57. The van der Waals surface area contributed by atoms with Crippen molar-refractivity contribution in [2.24, 2.45) is 0 Å². The molecule has 1 N–H and O–H groups in total. The molecule has 1 aromatic rings. The Morgan fingerprint density at radius 2 is 1.89 bits per heavy atom. The van der Waals surface area contributed by atoms with Gasteiger partial charge >= 0.3 is 0 Å². The molecule has 19 heavy (non-hydrogen) atoms. The SMILES string of the molecule is CC(C)Oc1cccc(C(C#N)OC(C)C(C)O)c1. The molecule has 0 radical (unpaired) electrons. The van der Waals surface area contributed by atoms with E-state index >= 15 is 0 Å². The monoisotopic (exact) mass is 263 g/mol. The second kappa shape index (κ2) is 7.13. The van der Waals surface area contributed by atoms with Crippen LogP contribution in [0.1, 0.15) is 39.4 Å². The quantitative estimate of drug-likeness (QED) is 0.857. The second-order valence-electron chi connectivity index (χ2n) is 4.83. The van der Waals surface area contributed by atoms with Crippen LogP contribution in [0.3, 0.4) is 0 Å². The standard InChI is InChI=1S/C15H21NO3/c1-10(2)18-14-7-5-6-13(8-14)15(9-16)19-12(4)11(3)17/h5-8,10-12,15,17H,1-4H3. The number of hydrogen-bond acceptors (Lipinski definition) is 4. The van der Waals surface area contributed by atoms with Crippen LogP contribution in [-0.4, -0.2) is 23.4 Å². The summed E-state index contributed by atoms with van der Waals surface area (Å²) in [7, 11) is 0. The summed E-state index contributed by atoms with van der Waals surface area (Å²) in [6.07, 6.45) is -1.65. The third-order valence-corrected chi connectivity index (χ3v) is 2.68. The van der Waals surface area contributed by atoms with Gasteiger partial charge in [-0.1, -0.05) is 12.1 Å². The molecular formula is C15H21NO3. The van der Waals surface area contributed by atoms with Crippen LogP contribution in [0.15, 0.2) is 24.3 Å². The summed E-state index contributed by atoms with van der Waals surface area (Å²) in [5.74, 6) is 0.709. The van der Waals surface area contributed by atoms with E-state index in [-0.39, 0.29) is 6.10 Å². The van der Waals surface area contributed by atoms with E-state index in [2.05, 4.69) is 6.07 Å². The average molecular weight is 263 g/mol. The van der Waals surface area contributed by atoms with Gasteiger partial charge in [0.15, 0.2) is 6.10 Å². The molecule has 0 fully saturated rings. The van der Waals surface area contributed by atoms with Crippen molar-refractivity contribution < 1.29 is 14.6 Å². The number of aliphatic hydroxyl groups excluding tert-OH is 1. The van der Waals surface area contributed by atoms with Crippen LogP contribution in [-0.2, 0) is 4.74 Å². The molecule has 0 heterocycles. The highest BCUT2D eigenvalue weighted by molar-refractivity contribution is 5.32. The van der Waals surface area contributed by atoms with Gasteiger partial charge in [-0.2, -0.15) is 5.26 Å². The third kappa shape index (κ3) is 4.90. The minimum absolute atomic E-state index is 0.0769. The molecule has 0 aliphatic carbocycles. The minimum atomic E-state index is -0.708. The summed E-state index contributed by atoms with van der Waals surface area (Å²) < 4.78 is 11.1. The summed E-state index contributed by atoms with van der Waals surface area (Å²) in [5, 5.41) is 18.6. The van der Waals surface area contributed by atoms with Crippen molar-refractivity contribution in [3.63, 3.8) is 0 Å². The molecule has 1 aromatic carbocycles. The van der Waals surface area contributed by atoms with E-state index in [9.17, 15) is 10.4 Å². The third-order valence-electron chi connectivity index (χ3n) is 2.68. The maximum Gasteiger partial charge on any atom is 0.169 e. The van der Waals surface area contributed by atoms with E-state index in [1.165, 1.54) is 0 Å². The largest absolute Gasteiger partial charge is 0.491 e. The fourth-order valence-electron chi connectivity index (χ4n) is 1.53. The number of rotatable bonds is 6. The summed E-state index contributed by atoms with van der Waals surface area (Å²) in [4.78, 5) is 0. The van der Waals surface area contributed by atoms with Crippen molar-refractivity contribution in [2.75, 3.05) is 0 Å². The summed E-state index contributed by atoms with van der Waals surface area (Å²) >= 11 is 0. The molecular weight excluding hydrogens is 242 g/mol.